The predicted octanol–water partition coefficient (Wildman–Crippen LogP) is 3.12. The molecule has 0 atom stereocenters. The van der Waals surface area contributed by atoms with Gasteiger partial charge in [-0.25, -0.2) is 0 Å². The van der Waals surface area contributed by atoms with Crippen LogP contribution in [0.15, 0.2) is 22.7 Å². The van der Waals surface area contributed by atoms with Crippen molar-refractivity contribution in [3.05, 3.63) is 28.2 Å². The van der Waals surface area contributed by atoms with Crippen LogP contribution in [0.2, 0.25) is 0 Å². The Morgan fingerprint density at radius 2 is 2.23 bits per heavy atom. The van der Waals surface area contributed by atoms with Gasteiger partial charge in [0.05, 0.1) is 5.56 Å². The van der Waals surface area contributed by atoms with Crippen LogP contribution < -0.4 is 5.73 Å². The van der Waals surface area contributed by atoms with E-state index >= 15 is 0 Å². The lowest BCUT2D eigenvalue weighted by atomic mass is 10.2. The fourth-order valence-electron chi connectivity index (χ4n) is 1.20. The maximum absolute atomic E-state index is 8.84. The first kappa shape index (κ1) is 8.54. The Balaban J connectivity index is 2.88. The average Bonchev–Trinajstić information content (AvgIpc) is 2.39. The van der Waals surface area contributed by atoms with Crippen LogP contribution in [0.3, 0.4) is 0 Å². The minimum Gasteiger partial charge on any atom is -0.389 e. The van der Waals surface area contributed by atoms with Crippen molar-refractivity contribution in [1.82, 2.24) is 0 Å². The lowest BCUT2D eigenvalue weighted by Gasteiger charge is -1.90. The Morgan fingerprint density at radius 3 is 2.92 bits per heavy atom. The van der Waals surface area contributed by atoms with Crippen molar-refractivity contribution in [1.29, 1.82) is 5.26 Å². The molecular formula is C9H5BrN2S. The van der Waals surface area contributed by atoms with E-state index in [1.807, 2.05) is 18.2 Å². The molecule has 2 nitrogen and oxygen atoms in total. The first-order chi connectivity index (χ1) is 6.22. The number of hydrogen-bond acceptors (Lipinski definition) is 3. The highest BCUT2D eigenvalue weighted by atomic mass is 79.9. The van der Waals surface area contributed by atoms with Gasteiger partial charge in [-0.05, 0) is 12.1 Å². The first-order valence-corrected chi connectivity index (χ1v) is 5.21. The third-order valence-electron chi connectivity index (χ3n) is 1.79. The molecule has 0 bridgehead atoms. The maximum Gasteiger partial charge on any atom is 0.105 e. The quantitative estimate of drug-likeness (QED) is 0.784. The van der Waals surface area contributed by atoms with Gasteiger partial charge in [-0.2, -0.15) is 5.26 Å². The van der Waals surface area contributed by atoms with E-state index in [1.165, 1.54) is 11.3 Å². The standard InChI is InChI=1S/C9H5BrN2S/c10-5-1-2-6-7(4-11)9(12)13-8(6)3-5/h1-3H,12H2. The molecular weight excluding hydrogens is 248 g/mol. The van der Waals surface area contributed by atoms with Gasteiger partial charge in [0, 0.05) is 14.6 Å². The van der Waals surface area contributed by atoms with E-state index in [1.54, 1.807) is 0 Å². The Hall–Kier alpha value is -1.05. The van der Waals surface area contributed by atoms with Gasteiger partial charge in [0.2, 0.25) is 0 Å². The van der Waals surface area contributed by atoms with E-state index in [2.05, 4.69) is 22.0 Å². The van der Waals surface area contributed by atoms with E-state index in [4.69, 9.17) is 11.0 Å². The summed E-state index contributed by atoms with van der Waals surface area (Å²) in [6.45, 7) is 0. The summed E-state index contributed by atoms with van der Waals surface area (Å²) in [7, 11) is 0. The van der Waals surface area contributed by atoms with E-state index in [0.29, 0.717) is 10.6 Å². The van der Waals surface area contributed by atoms with Gasteiger partial charge in [-0.1, -0.05) is 22.0 Å². The van der Waals surface area contributed by atoms with Crippen LogP contribution in [0.25, 0.3) is 10.1 Å². The van der Waals surface area contributed by atoms with Gasteiger partial charge in [0.1, 0.15) is 11.1 Å². The SMILES string of the molecule is N#Cc1c(N)sc2cc(Br)ccc12. The van der Waals surface area contributed by atoms with Crippen LogP contribution >= 0.6 is 27.3 Å². The van der Waals surface area contributed by atoms with Gasteiger partial charge in [-0.15, -0.1) is 11.3 Å². The van der Waals surface area contributed by atoms with Gasteiger partial charge in [-0.3, -0.25) is 0 Å². The molecule has 2 N–H and O–H groups in total. The molecule has 4 heteroatoms. The normalized spacial score (nSPS) is 10.2. The number of nitriles is 1. The molecule has 1 aromatic heterocycles. The molecule has 2 aromatic rings. The molecule has 0 saturated heterocycles. The molecule has 0 radical (unpaired) electrons. The molecule has 0 unspecified atom stereocenters. The summed E-state index contributed by atoms with van der Waals surface area (Å²) in [6.07, 6.45) is 0. The topological polar surface area (TPSA) is 49.8 Å². The molecule has 64 valence electrons. The Kier molecular flexibility index (Phi) is 1.98. The zero-order chi connectivity index (χ0) is 9.42. The molecule has 0 amide bonds. The highest BCUT2D eigenvalue weighted by Gasteiger charge is 2.08. The number of thiophene rings is 1. The minimum atomic E-state index is 0.590. The van der Waals surface area contributed by atoms with Gasteiger partial charge >= 0.3 is 0 Å². The van der Waals surface area contributed by atoms with Crippen molar-refractivity contribution in [3.8, 4) is 6.07 Å². The van der Waals surface area contributed by atoms with E-state index in [-0.39, 0.29) is 0 Å². The minimum absolute atomic E-state index is 0.590. The smallest absolute Gasteiger partial charge is 0.105 e. The number of halogens is 1. The van der Waals surface area contributed by atoms with Crippen LogP contribution in [-0.4, -0.2) is 0 Å². The largest absolute Gasteiger partial charge is 0.389 e. The zero-order valence-electron chi connectivity index (χ0n) is 6.54. The van der Waals surface area contributed by atoms with Gasteiger partial charge in [0.25, 0.3) is 0 Å². The summed E-state index contributed by atoms with van der Waals surface area (Å²) in [5.74, 6) is 0. The van der Waals surface area contributed by atoms with Crippen LogP contribution in [0.1, 0.15) is 5.56 Å². The van der Waals surface area contributed by atoms with Crippen LogP contribution in [0.4, 0.5) is 5.00 Å². The molecule has 1 aromatic carbocycles. The first-order valence-electron chi connectivity index (χ1n) is 3.60. The summed E-state index contributed by atoms with van der Waals surface area (Å²) >= 11 is 4.81. The number of fused-ring (bicyclic) bond motifs is 1. The van der Waals surface area contributed by atoms with Crippen LogP contribution in [-0.2, 0) is 0 Å². The molecule has 0 fully saturated rings. The summed E-state index contributed by atoms with van der Waals surface area (Å²) < 4.78 is 2.05. The Labute approximate surface area is 87.7 Å². The number of nitrogens with two attached hydrogens (primary N) is 1. The van der Waals surface area contributed by atoms with E-state index in [0.717, 1.165) is 14.6 Å². The summed E-state index contributed by atoms with van der Waals surface area (Å²) in [5, 5.41) is 10.4. The summed E-state index contributed by atoms with van der Waals surface area (Å²) in [4.78, 5) is 0. The third kappa shape index (κ3) is 1.30. The van der Waals surface area contributed by atoms with Crippen LogP contribution in [0.5, 0.6) is 0 Å². The number of nitrogens with zero attached hydrogens (tertiary/aromatic N) is 1. The number of rotatable bonds is 0. The fourth-order valence-corrected chi connectivity index (χ4v) is 2.68. The number of hydrogen-bond donors (Lipinski definition) is 1. The molecule has 0 aliphatic rings. The van der Waals surface area contributed by atoms with Crippen LogP contribution in [0, 0.1) is 11.3 Å². The van der Waals surface area contributed by atoms with Gasteiger partial charge < -0.3 is 5.73 Å². The van der Waals surface area contributed by atoms with Gasteiger partial charge in [0.15, 0.2) is 0 Å². The monoisotopic (exact) mass is 252 g/mol. The number of nitrogen functional groups attached to an aromatic ring is 1. The highest BCUT2D eigenvalue weighted by molar-refractivity contribution is 9.10. The molecule has 0 aliphatic carbocycles. The fraction of sp³-hybridized carbons (Fsp3) is 0. The maximum atomic E-state index is 8.84. The van der Waals surface area contributed by atoms with E-state index in [9.17, 15) is 0 Å². The lowest BCUT2D eigenvalue weighted by Crippen LogP contribution is -1.81. The predicted molar refractivity (Wildman–Crippen MR) is 58.7 cm³/mol. The molecule has 0 spiro atoms. The molecule has 0 aliphatic heterocycles. The third-order valence-corrected chi connectivity index (χ3v) is 3.27. The molecule has 13 heavy (non-hydrogen) atoms. The number of benzene rings is 1. The summed E-state index contributed by atoms with van der Waals surface area (Å²) in [6, 6.07) is 7.90. The zero-order valence-corrected chi connectivity index (χ0v) is 8.95. The Morgan fingerprint density at radius 1 is 1.46 bits per heavy atom. The molecule has 1 heterocycles. The second-order valence-electron chi connectivity index (χ2n) is 2.59. The van der Waals surface area contributed by atoms with E-state index < -0.39 is 0 Å². The van der Waals surface area contributed by atoms with Crippen molar-refractivity contribution in [2.75, 3.05) is 5.73 Å². The number of anilines is 1. The highest BCUT2D eigenvalue weighted by Crippen LogP contribution is 2.34. The Bertz CT molecular complexity index is 510. The lowest BCUT2D eigenvalue weighted by molar-refractivity contribution is 1.52. The second-order valence-corrected chi connectivity index (χ2v) is 4.59. The average molecular weight is 253 g/mol. The van der Waals surface area contributed by atoms with Crippen molar-refractivity contribution in [3.63, 3.8) is 0 Å². The summed E-state index contributed by atoms with van der Waals surface area (Å²) in [5.41, 5.74) is 6.28. The van der Waals surface area contributed by atoms with Crippen molar-refractivity contribution in [2.45, 2.75) is 0 Å². The van der Waals surface area contributed by atoms with Crippen molar-refractivity contribution in [2.24, 2.45) is 0 Å². The van der Waals surface area contributed by atoms with Crippen molar-refractivity contribution >= 4 is 42.4 Å². The second kappa shape index (κ2) is 3.02. The molecule has 2 rings (SSSR count). The molecule has 0 saturated carbocycles. The van der Waals surface area contributed by atoms with Crippen molar-refractivity contribution < 1.29 is 0 Å².